The number of anilines is 1. The Balaban J connectivity index is 3.16. The van der Waals surface area contributed by atoms with Crippen molar-refractivity contribution in [3.05, 3.63) is 29.3 Å². The van der Waals surface area contributed by atoms with Gasteiger partial charge in [-0.3, -0.25) is 4.79 Å². The molecule has 0 aliphatic rings. The van der Waals surface area contributed by atoms with Crippen LogP contribution in [0.25, 0.3) is 0 Å². The van der Waals surface area contributed by atoms with Crippen LogP contribution in [0.15, 0.2) is 18.2 Å². The van der Waals surface area contributed by atoms with Gasteiger partial charge >= 0.3 is 12.4 Å². The highest BCUT2D eigenvalue weighted by Gasteiger charge is 2.37. The molecule has 1 atom stereocenters. The summed E-state index contributed by atoms with van der Waals surface area (Å²) in [6.45, 7) is 1.72. The first-order valence-corrected chi connectivity index (χ1v) is 6.20. The summed E-state index contributed by atoms with van der Waals surface area (Å²) >= 11 is 0. The molecule has 1 aromatic carbocycles. The third-order valence-corrected chi connectivity index (χ3v) is 2.81. The highest BCUT2D eigenvalue weighted by Crippen LogP contribution is 2.37. The molecule has 0 spiro atoms. The van der Waals surface area contributed by atoms with E-state index < -0.39 is 41.0 Å². The van der Waals surface area contributed by atoms with Gasteiger partial charge in [0, 0.05) is 18.2 Å². The molecule has 9 heteroatoms. The first kappa shape index (κ1) is 18.3. The van der Waals surface area contributed by atoms with E-state index in [9.17, 15) is 31.1 Å². The minimum Gasteiger partial charge on any atom is -0.326 e. The van der Waals surface area contributed by atoms with Gasteiger partial charge in [0.1, 0.15) is 0 Å². The van der Waals surface area contributed by atoms with Gasteiger partial charge in [-0.1, -0.05) is 6.92 Å². The van der Waals surface area contributed by atoms with Crippen LogP contribution in [-0.4, -0.2) is 19.5 Å². The molecule has 0 fully saturated rings. The molecule has 3 nitrogen and oxygen atoms in total. The number of carbonyl (C=O) groups excluding carboxylic acids is 1. The van der Waals surface area contributed by atoms with E-state index in [0.29, 0.717) is 12.1 Å². The maximum absolute atomic E-state index is 12.7. The number of rotatable bonds is 4. The van der Waals surface area contributed by atoms with Crippen LogP contribution < -0.4 is 10.6 Å². The second kappa shape index (κ2) is 6.55. The maximum Gasteiger partial charge on any atom is 0.416 e. The van der Waals surface area contributed by atoms with E-state index in [-0.39, 0.29) is 12.6 Å². The Hall–Kier alpha value is -1.77. The van der Waals surface area contributed by atoms with E-state index in [4.69, 9.17) is 0 Å². The maximum atomic E-state index is 12.7. The van der Waals surface area contributed by atoms with Crippen molar-refractivity contribution in [3.63, 3.8) is 0 Å². The van der Waals surface area contributed by atoms with Gasteiger partial charge in [0.05, 0.1) is 11.1 Å². The number of benzene rings is 1. The van der Waals surface area contributed by atoms with Gasteiger partial charge in [0.25, 0.3) is 0 Å². The quantitative estimate of drug-likeness (QED) is 0.831. The summed E-state index contributed by atoms with van der Waals surface area (Å²) in [5.41, 5.74) is -3.49. The largest absolute Gasteiger partial charge is 0.416 e. The van der Waals surface area contributed by atoms with Gasteiger partial charge in [-0.15, -0.1) is 0 Å². The van der Waals surface area contributed by atoms with E-state index in [1.165, 1.54) is 6.92 Å². The molecule has 0 heterocycles. The molecule has 0 saturated heterocycles. The molecule has 0 radical (unpaired) electrons. The molecule has 0 bridgehead atoms. The molecule has 0 aromatic heterocycles. The SMILES string of the molecule is CNCC(C)C(=O)Nc1cc(C(F)(F)F)cc(C(F)(F)F)c1. The molecule has 1 amide bonds. The first-order chi connectivity index (χ1) is 9.95. The van der Waals surface area contributed by atoms with Crippen LogP contribution in [-0.2, 0) is 17.1 Å². The smallest absolute Gasteiger partial charge is 0.326 e. The molecule has 22 heavy (non-hydrogen) atoms. The average molecular weight is 328 g/mol. The third kappa shape index (κ3) is 4.90. The van der Waals surface area contributed by atoms with Gasteiger partial charge < -0.3 is 10.6 Å². The van der Waals surface area contributed by atoms with E-state index in [1.54, 1.807) is 7.05 Å². The number of carbonyl (C=O) groups is 1. The number of hydrogen-bond donors (Lipinski definition) is 2. The Morgan fingerprint density at radius 1 is 1.05 bits per heavy atom. The van der Waals surface area contributed by atoms with E-state index in [0.717, 1.165) is 0 Å². The molecule has 1 unspecified atom stereocenters. The lowest BCUT2D eigenvalue weighted by atomic mass is 10.1. The molecule has 1 rings (SSSR count). The second-order valence-electron chi connectivity index (χ2n) is 4.74. The second-order valence-corrected chi connectivity index (χ2v) is 4.74. The number of amides is 1. The van der Waals surface area contributed by atoms with Crippen molar-refractivity contribution in [1.82, 2.24) is 5.32 Å². The predicted molar refractivity (Wildman–Crippen MR) is 68.2 cm³/mol. The Kier molecular flexibility index (Phi) is 5.44. The zero-order chi connectivity index (χ0) is 17.1. The van der Waals surface area contributed by atoms with Gasteiger partial charge in [-0.25, -0.2) is 0 Å². The molecular formula is C13H14F6N2O. The van der Waals surface area contributed by atoms with E-state index >= 15 is 0 Å². The average Bonchev–Trinajstić information content (AvgIpc) is 2.36. The fourth-order valence-electron chi connectivity index (χ4n) is 1.69. The van der Waals surface area contributed by atoms with Crippen molar-refractivity contribution in [2.45, 2.75) is 19.3 Å². The molecule has 124 valence electrons. The molecule has 0 aliphatic carbocycles. The van der Waals surface area contributed by atoms with Crippen molar-refractivity contribution in [3.8, 4) is 0 Å². The Labute approximate surface area is 122 Å². The number of halogens is 6. The summed E-state index contributed by atoms with van der Waals surface area (Å²) < 4.78 is 76.0. The van der Waals surface area contributed by atoms with Crippen LogP contribution in [0.2, 0.25) is 0 Å². The Morgan fingerprint density at radius 3 is 1.86 bits per heavy atom. The summed E-state index contributed by atoms with van der Waals surface area (Å²) in [6, 6.07) is 0.950. The summed E-state index contributed by atoms with van der Waals surface area (Å²) in [6.07, 6.45) is -9.89. The predicted octanol–water partition coefficient (Wildman–Crippen LogP) is 3.52. The van der Waals surface area contributed by atoms with Crippen LogP contribution in [0.1, 0.15) is 18.1 Å². The highest BCUT2D eigenvalue weighted by molar-refractivity contribution is 5.92. The van der Waals surface area contributed by atoms with Crippen LogP contribution in [0.5, 0.6) is 0 Å². The van der Waals surface area contributed by atoms with Crippen molar-refractivity contribution < 1.29 is 31.1 Å². The molecule has 1 aromatic rings. The summed E-state index contributed by atoms with van der Waals surface area (Å²) in [5.74, 6) is -1.30. The van der Waals surface area contributed by atoms with Crippen LogP contribution in [0, 0.1) is 5.92 Å². The minimum absolute atomic E-state index is 0.00663. The highest BCUT2D eigenvalue weighted by atomic mass is 19.4. The molecule has 2 N–H and O–H groups in total. The Morgan fingerprint density at radius 2 is 1.50 bits per heavy atom. The fraction of sp³-hybridized carbons (Fsp3) is 0.462. The Bertz CT molecular complexity index is 506. The standard InChI is InChI=1S/C13H14F6N2O/c1-7(6-20-2)11(22)21-10-4-8(12(14,15)16)3-9(5-10)13(17,18)19/h3-5,7,20H,6H2,1-2H3,(H,21,22). The number of alkyl halides is 6. The topological polar surface area (TPSA) is 41.1 Å². The van der Waals surface area contributed by atoms with Gasteiger partial charge in [0.15, 0.2) is 0 Å². The van der Waals surface area contributed by atoms with Crippen molar-refractivity contribution >= 4 is 11.6 Å². The van der Waals surface area contributed by atoms with Gasteiger partial charge in [-0.05, 0) is 25.2 Å². The van der Waals surface area contributed by atoms with Crippen LogP contribution in [0.3, 0.4) is 0 Å². The van der Waals surface area contributed by atoms with Gasteiger partial charge in [-0.2, -0.15) is 26.3 Å². The number of hydrogen-bond acceptors (Lipinski definition) is 2. The van der Waals surface area contributed by atoms with Crippen LogP contribution >= 0.6 is 0 Å². The summed E-state index contributed by atoms with van der Waals surface area (Å²) in [7, 11) is 1.57. The van der Waals surface area contributed by atoms with Gasteiger partial charge in [0.2, 0.25) is 5.91 Å². The van der Waals surface area contributed by atoms with Crippen molar-refractivity contribution in [1.29, 1.82) is 0 Å². The third-order valence-electron chi connectivity index (χ3n) is 2.81. The first-order valence-electron chi connectivity index (χ1n) is 6.20. The van der Waals surface area contributed by atoms with Crippen molar-refractivity contribution in [2.75, 3.05) is 18.9 Å². The van der Waals surface area contributed by atoms with E-state index in [1.807, 2.05) is 0 Å². The lowest BCUT2D eigenvalue weighted by molar-refractivity contribution is -0.143. The zero-order valence-electron chi connectivity index (χ0n) is 11.7. The monoisotopic (exact) mass is 328 g/mol. The molecule has 0 saturated carbocycles. The lowest BCUT2D eigenvalue weighted by Crippen LogP contribution is -2.28. The number of nitrogens with one attached hydrogen (secondary N) is 2. The summed E-state index contributed by atoms with van der Waals surface area (Å²) in [5, 5.41) is 4.76. The lowest BCUT2D eigenvalue weighted by Gasteiger charge is -2.16. The summed E-state index contributed by atoms with van der Waals surface area (Å²) in [4.78, 5) is 11.7. The zero-order valence-corrected chi connectivity index (χ0v) is 11.7. The minimum atomic E-state index is -4.95. The van der Waals surface area contributed by atoms with Crippen LogP contribution in [0.4, 0.5) is 32.0 Å². The molecular weight excluding hydrogens is 314 g/mol. The fourth-order valence-corrected chi connectivity index (χ4v) is 1.69. The normalized spacial score (nSPS) is 13.8. The van der Waals surface area contributed by atoms with E-state index in [2.05, 4.69) is 10.6 Å². The molecule has 0 aliphatic heterocycles. The van der Waals surface area contributed by atoms with Crippen molar-refractivity contribution in [2.24, 2.45) is 5.92 Å².